The van der Waals surface area contributed by atoms with Crippen LogP contribution in [-0.4, -0.2) is 0 Å². The zero-order valence-electron chi connectivity index (χ0n) is 7.76. The molecule has 1 rings (SSSR count). The fourth-order valence-electron chi connectivity index (χ4n) is 1.03. The van der Waals surface area contributed by atoms with E-state index in [1.165, 1.54) is 12.1 Å². The van der Waals surface area contributed by atoms with E-state index in [9.17, 15) is 13.2 Å². The first-order chi connectivity index (χ1) is 7.47. The molecule has 0 N–H and O–H groups in total. The molecule has 0 atom stereocenters. The van der Waals surface area contributed by atoms with E-state index >= 15 is 0 Å². The van der Waals surface area contributed by atoms with Crippen molar-refractivity contribution in [3.05, 3.63) is 34.9 Å². The van der Waals surface area contributed by atoms with Crippen molar-refractivity contribution in [1.82, 2.24) is 0 Å². The van der Waals surface area contributed by atoms with Crippen LogP contribution in [0.4, 0.5) is 13.2 Å². The Morgan fingerprint density at radius 2 is 1.62 bits per heavy atom. The van der Waals surface area contributed by atoms with Gasteiger partial charge in [0.15, 0.2) is 6.07 Å². The van der Waals surface area contributed by atoms with Crippen LogP contribution in [0.3, 0.4) is 0 Å². The molecule has 78 valence electrons. The highest BCUT2D eigenvalue weighted by molar-refractivity contribution is 5.46. The molecule has 1 aromatic carbocycles. The second-order valence-electron chi connectivity index (χ2n) is 2.77. The Kier molecular flexibility index (Phi) is 3.18. The summed E-state index contributed by atoms with van der Waals surface area (Å²) in [6.07, 6.45) is -4.53. The summed E-state index contributed by atoms with van der Waals surface area (Å²) in [5.74, 6) is 4.19. The molecular formula is C11H3F3N2. The van der Waals surface area contributed by atoms with Crippen LogP contribution in [-0.2, 0) is 6.18 Å². The van der Waals surface area contributed by atoms with E-state index in [-0.39, 0.29) is 11.1 Å². The maximum absolute atomic E-state index is 12.4. The van der Waals surface area contributed by atoms with Gasteiger partial charge in [-0.05, 0) is 18.2 Å². The van der Waals surface area contributed by atoms with Crippen molar-refractivity contribution in [2.45, 2.75) is 6.18 Å². The molecule has 0 unspecified atom stereocenters. The molecule has 0 fully saturated rings. The fraction of sp³-hybridized carbons (Fsp3) is 0.0909. The van der Waals surface area contributed by atoms with Crippen LogP contribution < -0.4 is 0 Å². The van der Waals surface area contributed by atoms with E-state index in [0.29, 0.717) is 0 Å². The number of alkyl halides is 3. The SMILES string of the molecule is N#CC#Cc1cc(C#N)cc(C(F)(F)F)c1. The molecule has 0 saturated heterocycles. The van der Waals surface area contributed by atoms with Crippen LogP contribution in [0.1, 0.15) is 16.7 Å². The third-order valence-electron chi connectivity index (χ3n) is 1.65. The summed E-state index contributed by atoms with van der Waals surface area (Å²) in [6, 6.07) is 5.82. The summed E-state index contributed by atoms with van der Waals surface area (Å²) in [5.41, 5.74) is -1.10. The monoisotopic (exact) mass is 220 g/mol. The molecule has 0 aliphatic heterocycles. The number of hydrogen-bond donors (Lipinski definition) is 0. The Bertz CT molecular complexity index is 548. The van der Waals surface area contributed by atoms with Crippen LogP contribution in [0.2, 0.25) is 0 Å². The average molecular weight is 220 g/mol. The number of nitriles is 2. The van der Waals surface area contributed by atoms with Crippen molar-refractivity contribution in [2.24, 2.45) is 0 Å². The van der Waals surface area contributed by atoms with Gasteiger partial charge in [-0.25, -0.2) is 0 Å². The maximum Gasteiger partial charge on any atom is 0.416 e. The minimum atomic E-state index is -4.53. The first-order valence-corrected chi connectivity index (χ1v) is 4.00. The van der Waals surface area contributed by atoms with Gasteiger partial charge < -0.3 is 0 Å². The molecule has 2 nitrogen and oxygen atoms in total. The lowest BCUT2D eigenvalue weighted by Crippen LogP contribution is -2.05. The van der Waals surface area contributed by atoms with E-state index in [2.05, 4.69) is 5.92 Å². The van der Waals surface area contributed by atoms with Crippen molar-refractivity contribution in [2.75, 3.05) is 0 Å². The molecule has 0 amide bonds. The van der Waals surface area contributed by atoms with Gasteiger partial charge in [0.05, 0.1) is 17.2 Å². The van der Waals surface area contributed by atoms with Crippen LogP contribution >= 0.6 is 0 Å². The Hall–Kier alpha value is -2.45. The van der Waals surface area contributed by atoms with Gasteiger partial charge in [-0.2, -0.15) is 23.7 Å². The number of nitrogens with zero attached hydrogens (tertiary/aromatic N) is 2. The lowest BCUT2D eigenvalue weighted by Gasteiger charge is -2.06. The molecule has 5 heteroatoms. The largest absolute Gasteiger partial charge is 0.416 e. The van der Waals surface area contributed by atoms with Gasteiger partial charge in [-0.15, -0.1) is 0 Å². The molecule has 0 heterocycles. The van der Waals surface area contributed by atoms with Crippen LogP contribution in [0.5, 0.6) is 0 Å². The quantitative estimate of drug-likeness (QED) is 0.630. The topological polar surface area (TPSA) is 47.6 Å². The smallest absolute Gasteiger partial charge is 0.192 e. The molecule has 0 aliphatic rings. The number of hydrogen-bond acceptors (Lipinski definition) is 2. The number of halogens is 3. The maximum atomic E-state index is 12.4. The third kappa shape index (κ3) is 2.77. The van der Waals surface area contributed by atoms with Gasteiger partial charge in [-0.1, -0.05) is 5.92 Å². The standard InChI is InChI=1S/C11H3F3N2/c12-11(13,14)10-5-8(2-1-3-15)4-9(6-10)7-16/h4-6H. The van der Waals surface area contributed by atoms with Gasteiger partial charge in [-0.3, -0.25) is 0 Å². The fourth-order valence-corrected chi connectivity index (χ4v) is 1.03. The Labute approximate surface area is 89.5 Å². The highest BCUT2D eigenvalue weighted by Gasteiger charge is 2.31. The Morgan fingerprint density at radius 3 is 2.12 bits per heavy atom. The van der Waals surface area contributed by atoms with Crippen molar-refractivity contribution in [3.8, 4) is 24.0 Å². The third-order valence-corrected chi connectivity index (χ3v) is 1.65. The van der Waals surface area contributed by atoms with Gasteiger partial charge in [0.2, 0.25) is 0 Å². The summed E-state index contributed by atoms with van der Waals surface area (Å²) in [5, 5.41) is 16.7. The highest BCUT2D eigenvalue weighted by Crippen LogP contribution is 2.30. The molecular weight excluding hydrogens is 217 g/mol. The Morgan fingerprint density at radius 1 is 1.00 bits per heavy atom. The lowest BCUT2D eigenvalue weighted by molar-refractivity contribution is -0.137. The summed E-state index contributed by atoms with van der Waals surface area (Å²) < 4.78 is 37.2. The molecule has 0 bridgehead atoms. The second-order valence-corrected chi connectivity index (χ2v) is 2.77. The molecule has 0 saturated carbocycles. The first kappa shape index (κ1) is 11.6. The van der Waals surface area contributed by atoms with E-state index in [1.54, 1.807) is 6.07 Å². The van der Waals surface area contributed by atoms with Crippen LogP contribution in [0.25, 0.3) is 0 Å². The molecule has 1 aromatic rings. The van der Waals surface area contributed by atoms with E-state index in [1.807, 2.05) is 5.92 Å². The van der Waals surface area contributed by atoms with Crippen molar-refractivity contribution in [3.63, 3.8) is 0 Å². The lowest BCUT2D eigenvalue weighted by atomic mass is 10.1. The summed E-state index contributed by atoms with van der Waals surface area (Å²) in [6.45, 7) is 0. The van der Waals surface area contributed by atoms with Gasteiger partial charge in [0, 0.05) is 11.5 Å². The van der Waals surface area contributed by atoms with Crippen LogP contribution in [0, 0.1) is 34.5 Å². The normalized spacial score (nSPS) is 9.56. The first-order valence-electron chi connectivity index (χ1n) is 4.00. The van der Waals surface area contributed by atoms with Gasteiger partial charge in [0.1, 0.15) is 0 Å². The number of benzene rings is 1. The van der Waals surface area contributed by atoms with Crippen molar-refractivity contribution >= 4 is 0 Å². The summed E-state index contributed by atoms with van der Waals surface area (Å²) in [7, 11) is 0. The highest BCUT2D eigenvalue weighted by atomic mass is 19.4. The number of rotatable bonds is 0. The van der Waals surface area contributed by atoms with Crippen LogP contribution in [0.15, 0.2) is 18.2 Å². The predicted octanol–water partition coefficient (Wildman–Crippen LogP) is 2.45. The minimum Gasteiger partial charge on any atom is -0.192 e. The predicted molar refractivity (Wildman–Crippen MR) is 48.7 cm³/mol. The molecule has 0 spiro atoms. The van der Waals surface area contributed by atoms with Crippen molar-refractivity contribution in [1.29, 1.82) is 10.5 Å². The van der Waals surface area contributed by atoms with E-state index in [4.69, 9.17) is 10.5 Å². The molecule has 0 aromatic heterocycles. The summed E-state index contributed by atoms with van der Waals surface area (Å²) in [4.78, 5) is 0. The zero-order valence-corrected chi connectivity index (χ0v) is 7.76. The van der Waals surface area contributed by atoms with E-state index in [0.717, 1.165) is 12.1 Å². The Balaban J connectivity index is 3.35. The zero-order chi connectivity index (χ0) is 12.2. The molecule has 0 aliphatic carbocycles. The molecule has 16 heavy (non-hydrogen) atoms. The summed E-state index contributed by atoms with van der Waals surface area (Å²) >= 11 is 0. The van der Waals surface area contributed by atoms with Crippen molar-refractivity contribution < 1.29 is 13.2 Å². The average Bonchev–Trinajstić information content (AvgIpc) is 2.24. The van der Waals surface area contributed by atoms with Gasteiger partial charge >= 0.3 is 6.18 Å². The molecule has 0 radical (unpaired) electrons. The second kappa shape index (κ2) is 4.38. The van der Waals surface area contributed by atoms with Gasteiger partial charge in [0.25, 0.3) is 0 Å². The van der Waals surface area contributed by atoms with E-state index < -0.39 is 11.7 Å². The minimum absolute atomic E-state index is 0.00655.